The highest BCUT2D eigenvalue weighted by Crippen LogP contribution is 2.21. The van der Waals surface area contributed by atoms with E-state index in [-0.39, 0.29) is 17.3 Å². The minimum Gasteiger partial charge on any atom is -0.324 e. The van der Waals surface area contributed by atoms with E-state index in [9.17, 15) is 13.2 Å². The molecule has 0 spiro atoms. The lowest BCUT2D eigenvalue weighted by molar-refractivity contribution is -0.115. The number of amides is 1. The first-order chi connectivity index (χ1) is 6.59. The Labute approximate surface area is 81.2 Å². The Morgan fingerprint density at radius 3 is 2.71 bits per heavy atom. The van der Waals surface area contributed by atoms with Gasteiger partial charge in [-0.2, -0.15) is 0 Å². The standard InChI is InChI=1S/C8H8N2O3S/c11-8-5-9-14(12,13)7-4-2-1-3-6(7)10-8/h1-4,9H,5H2,(H,10,11). The maximum Gasteiger partial charge on any atom is 0.243 e. The minimum atomic E-state index is -3.54. The molecule has 6 heteroatoms. The fourth-order valence-corrected chi connectivity index (χ4v) is 2.38. The molecule has 0 saturated heterocycles. The molecule has 0 aliphatic carbocycles. The molecule has 1 amide bonds. The fraction of sp³-hybridized carbons (Fsp3) is 0.125. The van der Waals surface area contributed by atoms with Gasteiger partial charge in [0, 0.05) is 0 Å². The molecule has 0 aromatic heterocycles. The molecule has 74 valence electrons. The van der Waals surface area contributed by atoms with Crippen molar-refractivity contribution in [3.05, 3.63) is 24.3 Å². The lowest BCUT2D eigenvalue weighted by Gasteiger charge is -2.04. The Bertz CT molecular complexity index is 481. The zero-order chi connectivity index (χ0) is 10.2. The predicted octanol–water partition coefficient (Wildman–Crippen LogP) is -0.0830. The van der Waals surface area contributed by atoms with Gasteiger partial charge in [0.05, 0.1) is 12.2 Å². The van der Waals surface area contributed by atoms with Crippen LogP contribution in [0, 0.1) is 0 Å². The number of hydrogen-bond donors (Lipinski definition) is 2. The van der Waals surface area contributed by atoms with E-state index in [1.54, 1.807) is 18.2 Å². The molecule has 0 unspecified atom stereocenters. The van der Waals surface area contributed by atoms with Crippen molar-refractivity contribution in [1.29, 1.82) is 0 Å². The highest BCUT2D eigenvalue weighted by molar-refractivity contribution is 7.89. The molecular formula is C8H8N2O3S. The van der Waals surface area contributed by atoms with Crippen LogP contribution in [0.4, 0.5) is 5.69 Å². The van der Waals surface area contributed by atoms with Crippen LogP contribution >= 0.6 is 0 Å². The molecule has 0 atom stereocenters. The summed E-state index contributed by atoms with van der Waals surface area (Å²) in [5.41, 5.74) is 0.322. The van der Waals surface area contributed by atoms with Crippen LogP contribution in [0.2, 0.25) is 0 Å². The topological polar surface area (TPSA) is 75.3 Å². The maximum absolute atomic E-state index is 11.5. The number of rotatable bonds is 0. The Morgan fingerprint density at radius 2 is 1.93 bits per heavy atom. The highest BCUT2D eigenvalue weighted by Gasteiger charge is 2.23. The Kier molecular flexibility index (Phi) is 2.01. The first kappa shape index (κ1) is 9.17. The molecule has 1 aromatic carbocycles. The summed E-state index contributed by atoms with van der Waals surface area (Å²) < 4.78 is 25.3. The molecule has 0 bridgehead atoms. The first-order valence-electron chi connectivity index (χ1n) is 3.98. The summed E-state index contributed by atoms with van der Waals surface area (Å²) in [7, 11) is -3.54. The third-order valence-electron chi connectivity index (χ3n) is 1.87. The Balaban J connectivity index is 2.64. The van der Waals surface area contributed by atoms with Gasteiger partial charge in [0.15, 0.2) is 0 Å². The molecule has 2 rings (SSSR count). The van der Waals surface area contributed by atoms with E-state index in [1.807, 2.05) is 0 Å². The van der Waals surface area contributed by atoms with E-state index < -0.39 is 10.0 Å². The number of anilines is 1. The summed E-state index contributed by atoms with van der Waals surface area (Å²) in [5.74, 6) is -0.362. The van der Waals surface area contributed by atoms with Crippen LogP contribution in [0.3, 0.4) is 0 Å². The van der Waals surface area contributed by atoms with Crippen molar-refractivity contribution in [2.24, 2.45) is 0 Å². The van der Waals surface area contributed by atoms with Crippen LogP contribution in [0.5, 0.6) is 0 Å². The van der Waals surface area contributed by atoms with Crippen molar-refractivity contribution in [2.45, 2.75) is 4.90 Å². The summed E-state index contributed by atoms with van der Waals surface area (Å²) >= 11 is 0. The Morgan fingerprint density at radius 1 is 1.21 bits per heavy atom. The number of nitrogens with one attached hydrogen (secondary N) is 2. The third-order valence-corrected chi connectivity index (χ3v) is 3.33. The van der Waals surface area contributed by atoms with Crippen LogP contribution in [-0.2, 0) is 14.8 Å². The van der Waals surface area contributed by atoms with E-state index in [4.69, 9.17) is 0 Å². The summed E-state index contributed by atoms with van der Waals surface area (Å²) in [4.78, 5) is 11.2. The molecule has 0 radical (unpaired) electrons. The van der Waals surface area contributed by atoms with E-state index in [1.165, 1.54) is 6.07 Å². The van der Waals surface area contributed by atoms with E-state index in [2.05, 4.69) is 10.0 Å². The fourth-order valence-electron chi connectivity index (χ4n) is 1.24. The van der Waals surface area contributed by atoms with Crippen molar-refractivity contribution < 1.29 is 13.2 Å². The zero-order valence-electron chi connectivity index (χ0n) is 7.15. The van der Waals surface area contributed by atoms with E-state index >= 15 is 0 Å². The minimum absolute atomic E-state index is 0.103. The van der Waals surface area contributed by atoms with Gasteiger partial charge in [0.2, 0.25) is 15.9 Å². The van der Waals surface area contributed by atoms with Crippen LogP contribution < -0.4 is 10.0 Å². The number of sulfonamides is 1. The zero-order valence-corrected chi connectivity index (χ0v) is 7.97. The number of carbonyl (C=O) groups excluding carboxylic acids is 1. The average molecular weight is 212 g/mol. The molecule has 1 heterocycles. The van der Waals surface area contributed by atoms with Gasteiger partial charge in [0.25, 0.3) is 0 Å². The lowest BCUT2D eigenvalue weighted by Crippen LogP contribution is -2.28. The number of benzene rings is 1. The average Bonchev–Trinajstić information content (AvgIpc) is 2.25. The predicted molar refractivity (Wildman–Crippen MR) is 50.3 cm³/mol. The van der Waals surface area contributed by atoms with Crippen molar-refractivity contribution in [1.82, 2.24) is 4.72 Å². The van der Waals surface area contributed by atoms with E-state index in [0.29, 0.717) is 5.69 Å². The van der Waals surface area contributed by atoms with Gasteiger partial charge in [-0.15, -0.1) is 0 Å². The largest absolute Gasteiger partial charge is 0.324 e. The van der Waals surface area contributed by atoms with Crippen LogP contribution in [0.1, 0.15) is 0 Å². The molecule has 5 nitrogen and oxygen atoms in total. The molecule has 2 N–H and O–H groups in total. The monoisotopic (exact) mass is 212 g/mol. The first-order valence-corrected chi connectivity index (χ1v) is 5.46. The van der Waals surface area contributed by atoms with Crippen molar-refractivity contribution in [3.63, 3.8) is 0 Å². The molecule has 0 saturated carbocycles. The van der Waals surface area contributed by atoms with Crippen LogP contribution in [0.15, 0.2) is 29.2 Å². The van der Waals surface area contributed by atoms with Crippen molar-refractivity contribution in [3.8, 4) is 0 Å². The van der Waals surface area contributed by atoms with Crippen LogP contribution in [-0.4, -0.2) is 20.9 Å². The molecule has 14 heavy (non-hydrogen) atoms. The quantitative estimate of drug-likeness (QED) is 0.631. The van der Waals surface area contributed by atoms with E-state index in [0.717, 1.165) is 0 Å². The maximum atomic E-state index is 11.5. The second-order valence-corrected chi connectivity index (χ2v) is 4.60. The smallest absolute Gasteiger partial charge is 0.243 e. The number of carbonyl (C=O) groups is 1. The number of para-hydroxylation sites is 1. The van der Waals surface area contributed by atoms with Gasteiger partial charge < -0.3 is 5.32 Å². The van der Waals surface area contributed by atoms with Gasteiger partial charge in [-0.25, -0.2) is 13.1 Å². The summed E-state index contributed by atoms with van der Waals surface area (Å²) in [6, 6.07) is 6.27. The summed E-state index contributed by atoms with van der Waals surface area (Å²) in [6.07, 6.45) is 0. The van der Waals surface area contributed by atoms with Crippen molar-refractivity contribution >= 4 is 21.6 Å². The third kappa shape index (κ3) is 1.49. The molecule has 1 aromatic rings. The molecular weight excluding hydrogens is 204 g/mol. The van der Waals surface area contributed by atoms with Crippen LogP contribution in [0.25, 0.3) is 0 Å². The van der Waals surface area contributed by atoms with Gasteiger partial charge in [-0.1, -0.05) is 12.1 Å². The van der Waals surface area contributed by atoms with Gasteiger partial charge in [-0.05, 0) is 12.1 Å². The molecule has 1 aliphatic heterocycles. The highest BCUT2D eigenvalue weighted by atomic mass is 32.2. The van der Waals surface area contributed by atoms with Gasteiger partial charge >= 0.3 is 0 Å². The summed E-state index contributed by atoms with van der Waals surface area (Å²) in [6.45, 7) is -0.225. The lowest BCUT2D eigenvalue weighted by atomic mass is 10.3. The number of fused-ring (bicyclic) bond motifs is 1. The van der Waals surface area contributed by atoms with Gasteiger partial charge in [-0.3, -0.25) is 4.79 Å². The molecule has 0 fully saturated rings. The second kappa shape index (κ2) is 3.07. The number of hydrogen-bond acceptors (Lipinski definition) is 3. The SMILES string of the molecule is O=C1CNS(=O)(=O)c2ccccc2N1. The van der Waals surface area contributed by atoms with Gasteiger partial charge in [0.1, 0.15) is 4.90 Å². The second-order valence-electron chi connectivity index (χ2n) is 2.87. The molecule has 1 aliphatic rings. The Hall–Kier alpha value is -1.40. The van der Waals surface area contributed by atoms with Crippen molar-refractivity contribution in [2.75, 3.05) is 11.9 Å². The summed E-state index contributed by atoms with van der Waals surface area (Å²) in [5, 5.41) is 2.50. The normalized spacial score (nSPS) is 19.3.